The highest BCUT2D eigenvalue weighted by molar-refractivity contribution is 6.00. The van der Waals surface area contributed by atoms with Crippen LogP contribution in [0.4, 0.5) is 0 Å². The van der Waals surface area contributed by atoms with Gasteiger partial charge in [-0.05, 0) is 25.5 Å². The van der Waals surface area contributed by atoms with Crippen LogP contribution in [0.5, 0.6) is 11.5 Å². The monoisotopic (exact) mass is 179 g/mol. The lowest BCUT2D eigenvalue weighted by Gasteiger charge is -2.08. The molecule has 0 aliphatic rings. The van der Waals surface area contributed by atoms with Crippen molar-refractivity contribution < 1.29 is 10.2 Å². The zero-order valence-electron chi connectivity index (χ0n) is 7.76. The summed E-state index contributed by atoms with van der Waals surface area (Å²) in [5, 5.41) is 26.4. The largest absolute Gasteiger partial charge is 0.508 e. The standard InChI is InChI=1S/C10H13NO2/c1-3-8(11)7-4-5-9(12)6(2)10(7)13/h4-5,11-13H,3H2,1-2H3. The smallest absolute Gasteiger partial charge is 0.131 e. The summed E-state index contributed by atoms with van der Waals surface area (Å²) in [7, 11) is 0. The molecule has 0 fully saturated rings. The fourth-order valence-corrected chi connectivity index (χ4v) is 1.12. The van der Waals surface area contributed by atoms with Gasteiger partial charge in [0.2, 0.25) is 0 Å². The third-order valence-electron chi connectivity index (χ3n) is 2.08. The van der Waals surface area contributed by atoms with Crippen LogP contribution in [0.3, 0.4) is 0 Å². The van der Waals surface area contributed by atoms with E-state index in [-0.39, 0.29) is 11.5 Å². The van der Waals surface area contributed by atoms with E-state index in [1.54, 1.807) is 13.0 Å². The van der Waals surface area contributed by atoms with Crippen molar-refractivity contribution in [1.82, 2.24) is 0 Å². The number of hydrogen-bond donors (Lipinski definition) is 3. The van der Waals surface area contributed by atoms with Crippen molar-refractivity contribution in [3.8, 4) is 11.5 Å². The van der Waals surface area contributed by atoms with Crippen LogP contribution in [0.15, 0.2) is 12.1 Å². The number of phenolic OH excluding ortho intramolecular Hbond substituents is 2. The Labute approximate surface area is 77.2 Å². The molecule has 1 rings (SSSR count). The van der Waals surface area contributed by atoms with Gasteiger partial charge in [-0.15, -0.1) is 0 Å². The Morgan fingerprint density at radius 3 is 2.54 bits per heavy atom. The predicted octanol–water partition coefficient (Wildman–Crippen LogP) is 2.18. The van der Waals surface area contributed by atoms with Crippen LogP contribution in [-0.2, 0) is 0 Å². The number of rotatable bonds is 2. The summed E-state index contributed by atoms with van der Waals surface area (Å²) in [5.74, 6) is 0.0667. The van der Waals surface area contributed by atoms with Crippen molar-refractivity contribution in [1.29, 1.82) is 5.41 Å². The van der Waals surface area contributed by atoms with E-state index in [2.05, 4.69) is 0 Å². The summed E-state index contributed by atoms with van der Waals surface area (Å²) in [5.41, 5.74) is 1.30. The second-order valence-electron chi connectivity index (χ2n) is 2.94. The van der Waals surface area contributed by atoms with Crippen molar-refractivity contribution >= 4 is 5.71 Å². The first-order chi connectivity index (χ1) is 6.07. The van der Waals surface area contributed by atoms with E-state index in [1.807, 2.05) is 6.92 Å². The molecule has 0 heterocycles. The fraction of sp³-hybridized carbons (Fsp3) is 0.300. The lowest BCUT2D eigenvalue weighted by atomic mass is 10.0. The summed E-state index contributed by atoms with van der Waals surface area (Å²) in [6.07, 6.45) is 0.567. The minimum Gasteiger partial charge on any atom is -0.508 e. The Balaban J connectivity index is 3.26. The van der Waals surface area contributed by atoms with Crippen molar-refractivity contribution in [2.45, 2.75) is 20.3 Å². The molecule has 0 spiro atoms. The first-order valence-electron chi connectivity index (χ1n) is 4.17. The lowest BCUT2D eigenvalue weighted by molar-refractivity contribution is 0.442. The van der Waals surface area contributed by atoms with Crippen LogP contribution in [0.25, 0.3) is 0 Å². The molecule has 0 atom stereocenters. The van der Waals surface area contributed by atoms with Crippen molar-refractivity contribution in [2.75, 3.05) is 0 Å². The first-order valence-corrected chi connectivity index (χ1v) is 4.17. The molecule has 0 bridgehead atoms. The zero-order chi connectivity index (χ0) is 10.0. The molecule has 0 radical (unpaired) electrons. The third-order valence-corrected chi connectivity index (χ3v) is 2.08. The summed E-state index contributed by atoms with van der Waals surface area (Å²) >= 11 is 0. The van der Waals surface area contributed by atoms with Crippen molar-refractivity contribution in [3.05, 3.63) is 23.3 Å². The molecule has 70 valence electrons. The van der Waals surface area contributed by atoms with Gasteiger partial charge in [-0.1, -0.05) is 6.92 Å². The van der Waals surface area contributed by atoms with Crippen LogP contribution in [0.2, 0.25) is 0 Å². The number of nitrogens with one attached hydrogen (secondary N) is 1. The van der Waals surface area contributed by atoms with Gasteiger partial charge in [0.05, 0.1) is 0 Å². The van der Waals surface area contributed by atoms with Crippen LogP contribution in [0.1, 0.15) is 24.5 Å². The van der Waals surface area contributed by atoms with E-state index < -0.39 is 0 Å². The van der Waals surface area contributed by atoms with Gasteiger partial charge in [0.25, 0.3) is 0 Å². The summed E-state index contributed by atoms with van der Waals surface area (Å²) in [6, 6.07) is 3.05. The van der Waals surface area contributed by atoms with Crippen LogP contribution in [-0.4, -0.2) is 15.9 Å². The molecule has 3 N–H and O–H groups in total. The minimum absolute atomic E-state index is 0.00634. The molecule has 0 aromatic heterocycles. The van der Waals surface area contributed by atoms with Gasteiger partial charge in [0.1, 0.15) is 11.5 Å². The van der Waals surface area contributed by atoms with E-state index in [1.165, 1.54) is 6.07 Å². The second kappa shape index (κ2) is 3.47. The molecule has 3 nitrogen and oxygen atoms in total. The van der Waals surface area contributed by atoms with E-state index in [0.717, 1.165) is 0 Å². The average molecular weight is 179 g/mol. The fourth-order valence-electron chi connectivity index (χ4n) is 1.12. The summed E-state index contributed by atoms with van der Waals surface area (Å²) < 4.78 is 0. The second-order valence-corrected chi connectivity index (χ2v) is 2.94. The molecule has 0 saturated carbocycles. The van der Waals surface area contributed by atoms with Gasteiger partial charge in [-0.25, -0.2) is 0 Å². The molecule has 13 heavy (non-hydrogen) atoms. The van der Waals surface area contributed by atoms with Gasteiger partial charge >= 0.3 is 0 Å². The van der Waals surface area contributed by atoms with E-state index in [4.69, 9.17) is 5.41 Å². The zero-order valence-corrected chi connectivity index (χ0v) is 7.76. The van der Waals surface area contributed by atoms with Crippen LogP contribution in [0, 0.1) is 12.3 Å². The van der Waals surface area contributed by atoms with Crippen molar-refractivity contribution in [3.63, 3.8) is 0 Å². The molecular formula is C10H13NO2. The van der Waals surface area contributed by atoms with Gasteiger partial charge in [-0.2, -0.15) is 0 Å². The van der Waals surface area contributed by atoms with Gasteiger partial charge in [-0.3, -0.25) is 0 Å². The maximum atomic E-state index is 9.58. The van der Waals surface area contributed by atoms with E-state index in [9.17, 15) is 10.2 Å². The number of aromatic hydroxyl groups is 2. The predicted molar refractivity (Wildman–Crippen MR) is 51.6 cm³/mol. The van der Waals surface area contributed by atoms with Gasteiger partial charge < -0.3 is 15.6 Å². The molecule has 3 heteroatoms. The van der Waals surface area contributed by atoms with Gasteiger partial charge in [0, 0.05) is 16.8 Å². The number of benzene rings is 1. The Morgan fingerprint density at radius 1 is 1.38 bits per heavy atom. The normalized spacial score (nSPS) is 10.0. The Hall–Kier alpha value is -1.51. The highest BCUT2D eigenvalue weighted by Gasteiger charge is 2.10. The van der Waals surface area contributed by atoms with E-state index >= 15 is 0 Å². The average Bonchev–Trinajstić information content (AvgIpc) is 2.13. The SMILES string of the molecule is CCC(=N)c1ccc(O)c(C)c1O. The topological polar surface area (TPSA) is 64.3 Å². The Morgan fingerprint density at radius 2 is 2.00 bits per heavy atom. The maximum absolute atomic E-state index is 9.58. The lowest BCUT2D eigenvalue weighted by Crippen LogP contribution is -1.97. The first kappa shape index (κ1) is 9.58. The van der Waals surface area contributed by atoms with Gasteiger partial charge in [0.15, 0.2) is 0 Å². The Kier molecular flexibility index (Phi) is 2.56. The maximum Gasteiger partial charge on any atom is 0.131 e. The van der Waals surface area contributed by atoms with Crippen LogP contribution >= 0.6 is 0 Å². The number of hydrogen-bond acceptors (Lipinski definition) is 3. The summed E-state index contributed by atoms with van der Waals surface area (Å²) in [4.78, 5) is 0. The third kappa shape index (κ3) is 1.64. The molecule has 0 aliphatic carbocycles. The van der Waals surface area contributed by atoms with Crippen molar-refractivity contribution in [2.24, 2.45) is 0 Å². The molecule has 0 aliphatic heterocycles. The molecule has 0 amide bonds. The number of phenols is 2. The molecule has 1 aromatic rings. The van der Waals surface area contributed by atoms with Crippen LogP contribution < -0.4 is 0 Å². The molecule has 0 saturated heterocycles. The molecular weight excluding hydrogens is 166 g/mol. The highest BCUT2D eigenvalue weighted by Crippen LogP contribution is 2.29. The van der Waals surface area contributed by atoms with E-state index in [0.29, 0.717) is 23.3 Å². The Bertz CT molecular complexity index is 345. The minimum atomic E-state index is 0.00634. The molecule has 0 unspecified atom stereocenters. The molecule has 1 aromatic carbocycles. The highest BCUT2D eigenvalue weighted by atomic mass is 16.3. The summed E-state index contributed by atoms with van der Waals surface area (Å²) in [6.45, 7) is 3.47. The quantitative estimate of drug-likeness (QED) is 0.609.